The van der Waals surface area contributed by atoms with E-state index in [2.05, 4.69) is 34.6 Å². The zero-order chi connectivity index (χ0) is 19.2. The van der Waals surface area contributed by atoms with Gasteiger partial charge >= 0.3 is 6.03 Å². The molecule has 0 unspecified atom stereocenters. The molecule has 0 saturated heterocycles. The molecule has 2 heterocycles. The zero-order valence-electron chi connectivity index (χ0n) is 15.6. The van der Waals surface area contributed by atoms with Gasteiger partial charge in [0.2, 0.25) is 5.88 Å². The molecule has 2 amide bonds. The number of rotatable bonds is 6. The number of benzene rings is 1. The Morgan fingerprint density at radius 1 is 1.22 bits per heavy atom. The summed E-state index contributed by atoms with van der Waals surface area (Å²) in [6.45, 7) is 4.51. The summed E-state index contributed by atoms with van der Waals surface area (Å²) >= 11 is 0. The number of pyridine rings is 1. The van der Waals surface area contributed by atoms with Crippen LogP contribution in [0.2, 0.25) is 0 Å². The third kappa shape index (κ3) is 4.44. The Balaban J connectivity index is 1.71. The maximum atomic E-state index is 12.4. The standard InChI is InChI=1S/C20H23N5O2/c1-14(2)19-17(13-23-25(19)16-7-5-4-6-8-16)24-20(26)22-12-15-9-10-21-18(11-15)27-3/h4-11,13-14H,12H2,1-3H3,(H2,22,24,26). The van der Waals surface area contributed by atoms with Crippen molar-refractivity contribution in [1.82, 2.24) is 20.1 Å². The second kappa shape index (κ2) is 8.35. The molecule has 7 heteroatoms. The number of hydrogen-bond acceptors (Lipinski definition) is 4. The molecule has 0 atom stereocenters. The van der Waals surface area contributed by atoms with Gasteiger partial charge in [0.1, 0.15) is 0 Å². The van der Waals surface area contributed by atoms with Crippen molar-refractivity contribution < 1.29 is 9.53 Å². The summed E-state index contributed by atoms with van der Waals surface area (Å²) in [5.74, 6) is 0.702. The minimum Gasteiger partial charge on any atom is -0.481 e. The first-order valence-corrected chi connectivity index (χ1v) is 8.75. The van der Waals surface area contributed by atoms with Crippen LogP contribution in [-0.2, 0) is 6.54 Å². The highest BCUT2D eigenvalue weighted by molar-refractivity contribution is 5.89. The van der Waals surface area contributed by atoms with Crippen LogP contribution >= 0.6 is 0 Å². The van der Waals surface area contributed by atoms with Crippen molar-refractivity contribution in [1.29, 1.82) is 0 Å². The van der Waals surface area contributed by atoms with Gasteiger partial charge in [-0.1, -0.05) is 32.0 Å². The van der Waals surface area contributed by atoms with Gasteiger partial charge in [-0.25, -0.2) is 14.5 Å². The van der Waals surface area contributed by atoms with Crippen LogP contribution < -0.4 is 15.4 Å². The van der Waals surface area contributed by atoms with Crippen LogP contribution in [0.3, 0.4) is 0 Å². The van der Waals surface area contributed by atoms with E-state index < -0.39 is 0 Å². The number of nitrogens with one attached hydrogen (secondary N) is 2. The second-order valence-electron chi connectivity index (χ2n) is 6.36. The topological polar surface area (TPSA) is 81.1 Å². The van der Waals surface area contributed by atoms with Crippen LogP contribution in [0.25, 0.3) is 5.69 Å². The number of para-hydroxylation sites is 1. The Hall–Kier alpha value is -3.35. The Kier molecular flexibility index (Phi) is 5.71. The number of urea groups is 1. The van der Waals surface area contributed by atoms with Crippen molar-refractivity contribution in [3.05, 3.63) is 66.1 Å². The van der Waals surface area contributed by atoms with Gasteiger partial charge in [0.25, 0.3) is 0 Å². The molecule has 0 bridgehead atoms. The molecule has 7 nitrogen and oxygen atoms in total. The highest BCUT2D eigenvalue weighted by Crippen LogP contribution is 2.26. The smallest absolute Gasteiger partial charge is 0.319 e. The predicted octanol–water partition coefficient (Wildman–Crippen LogP) is 3.72. The molecule has 2 N–H and O–H groups in total. The molecular weight excluding hydrogens is 342 g/mol. The summed E-state index contributed by atoms with van der Waals surface area (Å²) < 4.78 is 6.95. The lowest BCUT2D eigenvalue weighted by atomic mass is 10.1. The Bertz CT molecular complexity index is 906. The fraction of sp³-hybridized carbons (Fsp3) is 0.250. The molecule has 2 aromatic heterocycles. The number of carbonyl (C=O) groups is 1. The first kappa shape index (κ1) is 18.4. The van der Waals surface area contributed by atoms with Crippen LogP contribution in [0, 0.1) is 0 Å². The number of ether oxygens (including phenoxy) is 1. The minimum atomic E-state index is -0.291. The lowest BCUT2D eigenvalue weighted by Crippen LogP contribution is -2.28. The average molecular weight is 365 g/mol. The minimum absolute atomic E-state index is 0.187. The number of aromatic nitrogens is 3. The summed E-state index contributed by atoms with van der Waals surface area (Å²) in [6.07, 6.45) is 3.33. The van der Waals surface area contributed by atoms with Gasteiger partial charge in [-0.05, 0) is 29.7 Å². The van der Waals surface area contributed by atoms with Gasteiger partial charge in [0.15, 0.2) is 0 Å². The van der Waals surface area contributed by atoms with Gasteiger partial charge in [-0.2, -0.15) is 5.10 Å². The van der Waals surface area contributed by atoms with Gasteiger partial charge < -0.3 is 15.4 Å². The van der Waals surface area contributed by atoms with Crippen molar-refractivity contribution in [3.63, 3.8) is 0 Å². The molecule has 0 saturated carbocycles. The lowest BCUT2D eigenvalue weighted by molar-refractivity contribution is 0.251. The summed E-state index contributed by atoms with van der Waals surface area (Å²) in [4.78, 5) is 16.4. The van der Waals surface area contributed by atoms with Gasteiger partial charge in [0.05, 0.1) is 30.4 Å². The fourth-order valence-corrected chi connectivity index (χ4v) is 2.81. The molecule has 1 aromatic carbocycles. The average Bonchev–Trinajstić information content (AvgIpc) is 3.11. The van der Waals surface area contributed by atoms with E-state index >= 15 is 0 Å². The van der Waals surface area contributed by atoms with Crippen LogP contribution in [0.1, 0.15) is 31.0 Å². The van der Waals surface area contributed by atoms with Crippen molar-refractivity contribution in [2.45, 2.75) is 26.3 Å². The van der Waals surface area contributed by atoms with Gasteiger partial charge in [-0.15, -0.1) is 0 Å². The van der Waals surface area contributed by atoms with Crippen LogP contribution in [0.5, 0.6) is 5.88 Å². The quantitative estimate of drug-likeness (QED) is 0.698. The number of hydrogen-bond donors (Lipinski definition) is 2. The number of amides is 2. The van der Waals surface area contributed by atoms with Crippen molar-refractivity contribution in [2.24, 2.45) is 0 Å². The largest absolute Gasteiger partial charge is 0.481 e. The first-order chi connectivity index (χ1) is 13.1. The molecule has 0 aliphatic heterocycles. The summed E-state index contributed by atoms with van der Waals surface area (Å²) in [7, 11) is 1.56. The summed E-state index contributed by atoms with van der Waals surface area (Å²) in [5, 5.41) is 10.2. The fourth-order valence-electron chi connectivity index (χ4n) is 2.81. The number of methoxy groups -OCH3 is 1. The van der Waals surface area contributed by atoms with E-state index in [1.54, 1.807) is 25.6 Å². The van der Waals surface area contributed by atoms with Crippen LogP contribution in [-0.4, -0.2) is 27.9 Å². The highest BCUT2D eigenvalue weighted by Gasteiger charge is 2.17. The maximum absolute atomic E-state index is 12.4. The monoisotopic (exact) mass is 365 g/mol. The number of carbonyl (C=O) groups excluding carboxylic acids is 1. The highest BCUT2D eigenvalue weighted by atomic mass is 16.5. The summed E-state index contributed by atoms with van der Waals surface area (Å²) in [5.41, 5.74) is 3.50. The molecule has 3 aromatic rings. The summed E-state index contributed by atoms with van der Waals surface area (Å²) in [6, 6.07) is 13.2. The second-order valence-corrected chi connectivity index (χ2v) is 6.36. The van der Waals surface area contributed by atoms with Crippen molar-refractivity contribution in [3.8, 4) is 11.6 Å². The van der Waals surface area contributed by atoms with E-state index in [0.717, 1.165) is 16.9 Å². The third-order valence-corrected chi connectivity index (χ3v) is 4.06. The predicted molar refractivity (Wildman–Crippen MR) is 104 cm³/mol. The molecule has 0 spiro atoms. The molecular formula is C20H23N5O2. The van der Waals surface area contributed by atoms with E-state index in [0.29, 0.717) is 18.1 Å². The maximum Gasteiger partial charge on any atom is 0.319 e. The van der Waals surface area contributed by atoms with E-state index in [1.807, 2.05) is 41.1 Å². The molecule has 0 fully saturated rings. The lowest BCUT2D eigenvalue weighted by Gasteiger charge is -2.14. The van der Waals surface area contributed by atoms with E-state index in [9.17, 15) is 4.79 Å². The van der Waals surface area contributed by atoms with Crippen LogP contribution in [0.15, 0.2) is 54.9 Å². The van der Waals surface area contributed by atoms with Crippen molar-refractivity contribution in [2.75, 3.05) is 12.4 Å². The first-order valence-electron chi connectivity index (χ1n) is 8.75. The Morgan fingerprint density at radius 3 is 2.70 bits per heavy atom. The van der Waals surface area contributed by atoms with Gasteiger partial charge in [-0.3, -0.25) is 0 Å². The molecule has 0 radical (unpaired) electrons. The Labute approximate surface area is 158 Å². The Morgan fingerprint density at radius 2 is 2.00 bits per heavy atom. The van der Waals surface area contributed by atoms with E-state index in [-0.39, 0.29) is 11.9 Å². The molecule has 0 aliphatic carbocycles. The number of nitrogens with zero attached hydrogens (tertiary/aromatic N) is 3. The molecule has 3 rings (SSSR count). The molecule has 140 valence electrons. The molecule has 0 aliphatic rings. The normalized spacial score (nSPS) is 10.7. The number of anilines is 1. The SMILES string of the molecule is COc1cc(CNC(=O)Nc2cnn(-c3ccccc3)c2C(C)C)ccn1. The molecule has 27 heavy (non-hydrogen) atoms. The van der Waals surface area contributed by atoms with E-state index in [1.165, 1.54) is 0 Å². The van der Waals surface area contributed by atoms with Crippen molar-refractivity contribution >= 4 is 11.7 Å². The third-order valence-electron chi connectivity index (χ3n) is 4.06. The van der Waals surface area contributed by atoms with E-state index in [4.69, 9.17) is 4.74 Å². The van der Waals surface area contributed by atoms with Crippen LogP contribution in [0.4, 0.5) is 10.5 Å². The van der Waals surface area contributed by atoms with Gasteiger partial charge in [0, 0.05) is 18.8 Å². The zero-order valence-corrected chi connectivity index (χ0v) is 15.6.